The maximum atomic E-state index is 13.0. The van der Waals surface area contributed by atoms with E-state index in [1.165, 1.54) is 32.8 Å². The van der Waals surface area contributed by atoms with Crippen LogP contribution >= 0.6 is 0 Å². The van der Waals surface area contributed by atoms with Gasteiger partial charge in [-0.2, -0.15) is 0 Å². The Labute approximate surface area is 165 Å². The number of ether oxygens (including phenoxy) is 1. The van der Waals surface area contributed by atoms with E-state index in [2.05, 4.69) is 9.88 Å². The smallest absolute Gasteiger partial charge is 0.337 e. The Morgan fingerprint density at radius 2 is 1.71 bits per heavy atom. The lowest BCUT2D eigenvalue weighted by Gasteiger charge is -2.22. The van der Waals surface area contributed by atoms with Crippen LogP contribution in [0.5, 0.6) is 0 Å². The number of benzene rings is 1. The molecule has 6 heteroatoms. The van der Waals surface area contributed by atoms with Gasteiger partial charge >= 0.3 is 5.97 Å². The highest BCUT2D eigenvalue weighted by Gasteiger charge is 2.27. The van der Waals surface area contributed by atoms with Crippen molar-refractivity contribution in [1.29, 1.82) is 0 Å². The summed E-state index contributed by atoms with van der Waals surface area (Å²) in [4.78, 5) is 33.4. The lowest BCUT2D eigenvalue weighted by atomic mass is 10.1. The van der Waals surface area contributed by atoms with Gasteiger partial charge in [-0.25, -0.2) is 9.78 Å². The number of esters is 1. The Morgan fingerprint density at radius 3 is 2.39 bits per heavy atom. The molecule has 6 nitrogen and oxygen atoms in total. The van der Waals surface area contributed by atoms with Crippen molar-refractivity contribution >= 4 is 23.4 Å². The van der Waals surface area contributed by atoms with Crippen LogP contribution in [0.25, 0.3) is 0 Å². The van der Waals surface area contributed by atoms with Gasteiger partial charge in [-0.05, 0) is 55.2 Å². The van der Waals surface area contributed by atoms with Crippen LogP contribution in [0.2, 0.25) is 0 Å². The first-order chi connectivity index (χ1) is 13.7. The number of hydrogen-bond donors (Lipinski definition) is 0. The molecule has 2 aliphatic heterocycles. The summed E-state index contributed by atoms with van der Waals surface area (Å²) in [5.74, 6) is 0.531. The SMILES string of the molecule is COC(=O)c1ccc2c(c1)CCN2C(=O)c1ccc(N2CCCCCC2)nc1. The van der Waals surface area contributed by atoms with E-state index < -0.39 is 0 Å². The normalized spacial score (nSPS) is 16.5. The van der Waals surface area contributed by atoms with Crippen molar-refractivity contribution in [2.24, 2.45) is 0 Å². The van der Waals surface area contributed by atoms with Crippen molar-refractivity contribution in [2.45, 2.75) is 32.1 Å². The fourth-order valence-corrected chi connectivity index (χ4v) is 4.01. The summed E-state index contributed by atoms with van der Waals surface area (Å²) in [5.41, 5.74) is 2.95. The van der Waals surface area contributed by atoms with Gasteiger partial charge in [0, 0.05) is 31.5 Å². The number of nitrogens with zero attached hydrogens (tertiary/aromatic N) is 3. The molecule has 1 aromatic heterocycles. The van der Waals surface area contributed by atoms with E-state index in [9.17, 15) is 9.59 Å². The molecule has 0 bridgehead atoms. The van der Waals surface area contributed by atoms with Gasteiger partial charge in [0.25, 0.3) is 5.91 Å². The molecule has 0 atom stereocenters. The third-order valence-electron chi connectivity index (χ3n) is 5.57. The van der Waals surface area contributed by atoms with Crippen molar-refractivity contribution in [3.05, 3.63) is 53.2 Å². The molecular formula is C22H25N3O3. The van der Waals surface area contributed by atoms with E-state index in [1.54, 1.807) is 17.2 Å². The van der Waals surface area contributed by atoms with Crippen molar-refractivity contribution in [3.8, 4) is 0 Å². The minimum absolute atomic E-state index is 0.0560. The molecule has 0 unspecified atom stereocenters. The number of methoxy groups -OCH3 is 1. The molecule has 1 saturated heterocycles. The number of carbonyl (C=O) groups is 2. The molecule has 1 aromatic carbocycles. The number of anilines is 2. The highest BCUT2D eigenvalue weighted by atomic mass is 16.5. The van der Waals surface area contributed by atoms with Crippen LogP contribution in [0.4, 0.5) is 11.5 Å². The molecule has 146 valence electrons. The van der Waals surface area contributed by atoms with Gasteiger partial charge in [0.05, 0.1) is 18.2 Å². The van der Waals surface area contributed by atoms with Gasteiger partial charge in [0.15, 0.2) is 0 Å². The first-order valence-corrected chi connectivity index (χ1v) is 9.91. The van der Waals surface area contributed by atoms with Gasteiger partial charge in [-0.1, -0.05) is 12.8 Å². The zero-order chi connectivity index (χ0) is 19.5. The quantitative estimate of drug-likeness (QED) is 0.765. The van der Waals surface area contributed by atoms with Crippen LogP contribution in [-0.2, 0) is 11.2 Å². The summed E-state index contributed by atoms with van der Waals surface area (Å²) in [6.45, 7) is 2.66. The van der Waals surface area contributed by atoms with Gasteiger partial charge < -0.3 is 14.5 Å². The summed E-state index contributed by atoms with van der Waals surface area (Å²) in [6, 6.07) is 9.17. The predicted molar refractivity (Wildman–Crippen MR) is 108 cm³/mol. The van der Waals surface area contributed by atoms with Crippen molar-refractivity contribution in [3.63, 3.8) is 0 Å². The number of amides is 1. The molecule has 0 radical (unpaired) electrons. The van der Waals surface area contributed by atoms with Crippen LogP contribution in [0.3, 0.4) is 0 Å². The molecule has 1 fully saturated rings. The summed E-state index contributed by atoms with van der Waals surface area (Å²) in [7, 11) is 1.37. The zero-order valence-corrected chi connectivity index (χ0v) is 16.2. The summed E-state index contributed by atoms with van der Waals surface area (Å²) in [5, 5.41) is 0. The number of hydrogen-bond acceptors (Lipinski definition) is 5. The molecule has 0 spiro atoms. The molecule has 2 aliphatic rings. The Hall–Kier alpha value is -2.89. The standard InChI is InChI=1S/C22H25N3O3/c1-28-22(27)17-6-8-19-16(14-17)10-13-25(19)21(26)18-7-9-20(23-15-18)24-11-4-2-3-5-12-24/h6-9,14-15H,2-5,10-13H2,1H3. The van der Waals surface area contributed by atoms with E-state index in [0.717, 1.165) is 36.6 Å². The molecule has 0 aliphatic carbocycles. The van der Waals surface area contributed by atoms with Gasteiger partial charge in [0.1, 0.15) is 5.82 Å². The summed E-state index contributed by atoms with van der Waals surface area (Å²) in [6.07, 6.45) is 7.35. The molecule has 28 heavy (non-hydrogen) atoms. The summed E-state index contributed by atoms with van der Waals surface area (Å²) < 4.78 is 4.78. The third kappa shape index (κ3) is 3.59. The van der Waals surface area contributed by atoms with E-state index in [0.29, 0.717) is 17.7 Å². The molecule has 1 amide bonds. The molecule has 4 rings (SSSR count). The number of fused-ring (bicyclic) bond motifs is 1. The van der Waals surface area contributed by atoms with Crippen LogP contribution in [-0.4, -0.2) is 43.6 Å². The first kappa shape index (κ1) is 18.5. The lowest BCUT2D eigenvalue weighted by molar-refractivity contribution is 0.0600. The Kier molecular flexibility index (Phi) is 5.28. The van der Waals surface area contributed by atoms with E-state index >= 15 is 0 Å². The maximum Gasteiger partial charge on any atom is 0.337 e. The highest BCUT2D eigenvalue weighted by molar-refractivity contribution is 6.07. The Bertz CT molecular complexity index is 871. The zero-order valence-electron chi connectivity index (χ0n) is 16.2. The van der Waals surface area contributed by atoms with Crippen LogP contribution in [0, 0.1) is 0 Å². The van der Waals surface area contributed by atoms with E-state index in [-0.39, 0.29) is 11.9 Å². The van der Waals surface area contributed by atoms with Crippen LogP contribution in [0.1, 0.15) is 52.0 Å². The van der Waals surface area contributed by atoms with Crippen molar-refractivity contribution in [1.82, 2.24) is 4.98 Å². The summed E-state index contributed by atoms with van der Waals surface area (Å²) >= 11 is 0. The first-order valence-electron chi connectivity index (χ1n) is 9.91. The fraction of sp³-hybridized carbons (Fsp3) is 0.409. The number of aromatic nitrogens is 1. The number of pyridine rings is 1. The Balaban J connectivity index is 1.50. The maximum absolute atomic E-state index is 13.0. The number of rotatable bonds is 3. The van der Waals surface area contributed by atoms with E-state index in [4.69, 9.17) is 4.74 Å². The second-order valence-electron chi connectivity index (χ2n) is 7.35. The third-order valence-corrected chi connectivity index (χ3v) is 5.57. The van der Waals surface area contributed by atoms with Gasteiger partial charge in [0.2, 0.25) is 0 Å². The molecule has 0 N–H and O–H groups in total. The van der Waals surface area contributed by atoms with Gasteiger partial charge in [-0.15, -0.1) is 0 Å². The monoisotopic (exact) mass is 379 g/mol. The van der Waals surface area contributed by atoms with Crippen LogP contribution in [0.15, 0.2) is 36.5 Å². The lowest BCUT2D eigenvalue weighted by Crippen LogP contribution is -2.29. The Morgan fingerprint density at radius 1 is 0.964 bits per heavy atom. The largest absolute Gasteiger partial charge is 0.465 e. The predicted octanol–water partition coefficient (Wildman–Crippen LogP) is 3.45. The molecule has 3 heterocycles. The minimum Gasteiger partial charge on any atom is -0.465 e. The fourth-order valence-electron chi connectivity index (χ4n) is 4.01. The average Bonchev–Trinajstić information content (AvgIpc) is 2.97. The topological polar surface area (TPSA) is 62.7 Å². The average molecular weight is 379 g/mol. The second-order valence-corrected chi connectivity index (χ2v) is 7.35. The molecule has 2 aromatic rings. The highest BCUT2D eigenvalue weighted by Crippen LogP contribution is 2.30. The minimum atomic E-state index is -0.360. The number of carbonyl (C=O) groups excluding carboxylic acids is 2. The van der Waals surface area contributed by atoms with E-state index in [1.807, 2.05) is 24.3 Å². The van der Waals surface area contributed by atoms with Crippen molar-refractivity contribution in [2.75, 3.05) is 36.5 Å². The second kappa shape index (κ2) is 8.00. The van der Waals surface area contributed by atoms with Crippen LogP contribution < -0.4 is 9.80 Å². The molecular weight excluding hydrogens is 354 g/mol. The molecule has 0 saturated carbocycles. The van der Waals surface area contributed by atoms with Crippen molar-refractivity contribution < 1.29 is 14.3 Å². The van der Waals surface area contributed by atoms with Gasteiger partial charge in [-0.3, -0.25) is 4.79 Å².